The lowest BCUT2D eigenvalue weighted by atomic mass is 9.43. The summed E-state index contributed by atoms with van der Waals surface area (Å²) in [6, 6.07) is 1.77. The molecule has 1 N–H and O–H groups in total. The van der Waals surface area contributed by atoms with Crippen LogP contribution in [0.5, 0.6) is 0 Å². The highest BCUT2D eigenvalue weighted by atomic mass is 28.4. The molecule has 2 heterocycles. The Morgan fingerprint density at radius 1 is 1.23 bits per heavy atom. The molecule has 0 spiro atoms. The molecule has 0 aromatic carbocycles. The molecule has 31 heavy (non-hydrogen) atoms. The van der Waals surface area contributed by atoms with E-state index in [9.17, 15) is 19.5 Å². The Kier molecular flexibility index (Phi) is 5.24. The molecule has 3 aliphatic rings. The Balaban J connectivity index is 1.79. The van der Waals surface area contributed by atoms with Gasteiger partial charge in [-0.3, -0.25) is 14.4 Å². The van der Waals surface area contributed by atoms with Gasteiger partial charge in [-0.15, -0.1) is 0 Å². The van der Waals surface area contributed by atoms with Gasteiger partial charge in [0.2, 0.25) is 0 Å². The minimum Gasteiger partial charge on any atom is -0.481 e. The first kappa shape index (κ1) is 22.3. The van der Waals surface area contributed by atoms with Crippen molar-refractivity contribution in [3.05, 3.63) is 24.2 Å². The van der Waals surface area contributed by atoms with Gasteiger partial charge in [0.05, 0.1) is 24.4 Å². The van der Waals surface area contributed by atoms with Gasteiger partial charge in [-0.25, -0.2) is 0 Å². The Morgan fingerprint density at radius 3 is 2.52 bits per heavy atom. The molecule has 7 atom stereocenters. The van der Waals surface area contributed by atoms with E-state index >= 15 is 0 Å². The van der Waals surface area contributed by atoms with Crippen LogP contribution in [0.3, 0.4) is 0 Å². The lowest BCUT2D eigenvalue weighted by Gasteiger charge is -2.61. The van der Waals surface area contributed by atoms with Crippen molar-refractivity contribution in [3.8, 4) is 0 Å². The molecule has 1 aromatic heterocycles. The van der Waals surface area contributed by atoms with Gasteiger partial charge in [0.1, 0.15) is 12.2 Å². The fraction of sp³-hybridized carbons (Fsp3) is 0.696. The number of furan rings is 1. The fourth-order valence-electron chi connectivity index (χ4n) is 6.57. The summed E-state index contributed by atoms with van der Waals surface area (Å²) in [5.41, 5.74) is -0.684. The summed E-state index contributed by atoms with van der Waals surface area (Å²) in [6.45, 7) is 9.90. The number of ether oxygens (including phenoxy) is 1. The van der Waals surface area contributed by atoms with E-state index in [1.165, 1.54) is 6.26 Å². The van der Waals surface area contributed by atoms with Gasteiger partial charge in [-0.05, 0) is 62.2 Å². The number of esters is 1. The molecule has 0 bridgehead atoms. The molecule has 0 amide bonds. The maximum Gasteiger partial charge on any atom is 0.310 e. The minimum atomic E-state index is -2.09. The van der Waals surface area contributed by atoms with E-state index in [4.69, 9.17) is 13.6 Å². The van der Waals surface area contributed by atoms with E-state index in [1.807, 2.05) is 33.5 Å². The molecule has 1 aliphatic heterocycles. The van der Waals surface area contributed by atoms with Gasteiger partial charge in [0.15, 0.2) is 14.1 Å². The fourth-order valence-corrected chi connectivity index (χ4v) is 7.63. The molecule has 4 rings (SSSR count). The van der Waals surface area contributed by atoms with Crippen LogP contribution in [0.2, 0.25) is 19.6 Å². The smallest absolute Gasteiger partial charge is 0.310 e. The predicted molar refractivity (Wildman–Crippen MR) is 114 cm³/mol. The molecule has 2 aliphatic carbocycles. The van der Waals surface area contributed by atoms with Crippen LogP contribution in [-0.4, -0.2) is 37.2 Å². The number of aliphatic carboxylic acids is 1. The molecule has 7 nitrogen and oxygen atoms in total. The SMILES string of the molecule is C[C@@]12CC[C@H]3C(=O)O[C@H](c4ccoc4)C[C@]3(C)[C@H]1C(=O)[C@@H](O[Si](C)(C)C)C[C@H]2C(=O)O. The van der Waals surface area contributed by atoms with Gasteiger partial charge in [0, 0.05) is 11.5 Å². The third kappa shape index (κ3) is 3.57. The van der Waals surface area contributed by atoms with Gasteiger partial charge < -0.3 is 18.7 Å². The minimum absolute atomic E-state index is 0.0460. The van der Waals surface area contributed by atoms with Crippen molar-refractivity contribution in [1.29, 1.82) is 0 Å². The zero-order valence-corrected chi connectivity index (χ0v) is 19.8. The van der Waals surface area contributed by atoms with E-state index in [0.717, 1.165) is 5.56 Å². The van der Waals surface area contributed by atoms with Crippen LogP contribution in [0, 0.1) is 28.6 Å². The van der Waals surface area contributed by atoms with Gasteiger partial charge in [0.25, 0.3) is 0 Å². The number of carbonyl (C=O) groups excluding carboxylic acids is 2. The molecule has 8 heteroatoms. The second-order valence-corrected chi connectivity index (χ2v) is 15.4. The lowest BCUT2D eigenvalue weighted by Crippen LogP contribution is -2.65. The van der Waals surface area contributed by atoms with Crippen LogP contribution in [-0.2, 0) is 23.5 Å². The van der Waals surface area contributed by atoms with Crippen molar-refractivity contribution >= 4 is 26.0 Å². The van der Waals surface area contributed by atoms with Crippen molar-refractivity contribution in [2.45, 2.75) is 71.4 Å². The average Bonchev–Trinajstić information content (AvgIpc) is 3.16. The highest BCUT2D eigenvalue weighted by Gasteiger charge is 2.67. The number of ketones is 1. The second kappa shape index (κ2) is 7.30. The Morgan fingerprint density at radius 2 is 1.94 bits per heavy atom. The summed E-state index contributed by atoms with van der Waals surface area (Å²) < 4.78 is 17.1. The Labute approximate surface area is 183 Å². The number of rotatable bonds is 4. The van der Waals surface area contributed by atoms with Crippen LogP contribution in [0.15, 0.2) is 23.0 Å². The molecule has 3 fully saturated rings. The predicted octanol–water partition coefficient (Wildman–Crippen LogP) is 4.20. The zero-order valence-electron chi connectivity index (χ0n) is 18.8. The number of fused-ring (bicyclic) bond motifs is 3. The molecule has 0 unspecified atom stereocenters. The molecular weight excluding hydrogens is 416 g/mol. The number of Topliss-reactive ketones (excluding diaryl/α,β-unsaturated/α-hetero) is 1. The molecule has 0 radical (unpaired) electrons. The van der Waals surface area contributed by atoms with Crippen LogP contribution in [0.25, 0.3) is 0 Å². The maximum atomic E-state index is 13.9. The van der Waals surface area contributed by atoms with E-state index in [2.05, 4.69) is 0 Å². The number of carboxylic acid groups (broad SMARTS) is 1. The summed E-state index contributed by atoms with van der Waals surface area (Å²) in [5.74, 6) is -2.96. The standard InChI is InChI=1S/C23H32O7Si/c1-22-8-6-14-21(27)29-17(13-7-9-28-12-13)11-23(14,2)19(22)18(24)16(30-31(3,4)5)10-15(22)20(25)26/h7,9,12,14-17,19H,6,8,10-11H2,1-5H3,(H,25,26)/t14-,15-,16-,17-,19-,22-,23-/m0/s1. The highest BCUT2D eigenvalue weighted by Crippen LogP contribution is 2.65. The molecular formula is C23H32O7Si. The van der Waals surface area contributed by atoms with Gasteiger partial charge in [-0.2, -0.15) is 0 Å². The second-order valence-electron chi connectivity index (χ2n) is 11.0. The first-order valence-corrected chi connectivity index (χ1v) is 14.4. The van der Waals surface area contributed by atoms with Crippen molar-refractivity contribution in [2.24, 2.45) is 28.6 Å². The van der Waals surface area contributed by atoms with Crippen LogP contribution in [0.1, 0.15) is 51.2 Å². The van der Waals surface area contributed by atoms with Crippen molar-refractivity contribution in [1.82, 2.24) is 0 Å². The maximum absolute atomic E-state index is 13.9. The van der Waals surface area contributed by atoms with E-state index in [-0.39, 0.29) is 18.2 Å². The monoisotopic (exact) mass is 448 g/mol. The number of cyclic esters (lactones) is 1. The Hall–Kier alpha value is -1.93. The van der Waals surface area contributed by atoms with E-state index in [1.54, 1.807) is 12.3 Å². The summed E-state index contributed by atoms with van der Waals surface area (Å²) >= 11 is 0. The van der Waals surface area contributed by atoms with Crippen molar-refractivity contribution < 1.29 is 33.1 Å². The summed E-state index contributed by atoms with van der Waals surface area (Å²) in [7, 11) is -2.09. The Bertz CT molecular complexity index is 888. The summed E-state index contributed by atoms with van der Waals surface area (Å²) in [4.78, 5) is 39.3. The average molecular weight is 449 g/mol. The molecule has 170 valence electrons. The normalized spacial score (nSPS) is 40.6. The summed E-state index contributed by atoms with van der Waals surface area (Å²) in [6.07, 6.45) is 3.53. The van der Waals surface area contributed by atoms with Crippen molar-refractivity contribution in [2.75, 3.05) is 0 Å². The molecule has 1 saturated heterocycles. The van der Waals surface area contributed by atoms with E-state index in [0.29, 0.717) is 19.3 Å². The third-order valence-corrected chi connectivity index (χ3v) is 8.80. The van der Waals surface area contributed by atoms with Crippen LogP contribution in [0.4, 0.5) is 0 Å². The van der Waals surface area contributed by atoms with Crippen molar-refractivity contribution in [3.63, 3.8) is 0 Å². The quantitative estimate of drug-likeness (QED) is 0.544. The largest absolute Gasteiger partial charge is 0.481 e. The number of carboxylic acids is 1. The highest BCUT2D eigenvalue weighted by molar-refractivity contribution is 6.69. The number of hydrogen-bond acceptors (Lipinski definition) is 6. The topological polar surface area (TPSA) is 103 Å². The first-order chi connectivity index (χ1) is 14.4. The zero-order chi connectivity index (χ0) is 22.8. The third-order valence-electron chi connectivity index (χ3n) is 7.81. The van der Waals surface area contributed by atoms with E-state index < -0.39 is 55.1 Å². The van der Waals surface area contributed by atoms with Crippen LogP contribution < -0.4 is 0 Å². The molecule has 2 saturated carbocycles. The number of hydrogen-bond donors (Lipinski definition) is 1. The lowest BCUT2D eigenvalue weighted by molar-refractivity contribution is -0.206. The van der Waals surface area contributed by atoms with Crippen LogP contribution >= 0.6 is 0 Å². The molecule has 1 aromatic rings. The number of carbonyl (C=O) groups is 3. The van der Waals surface area contributed by atoms with Gasteiger partial charge >= 0.3 is 11.9 Å². The van der Waals surface area contributed by atoms with Gasteiger partial charge in [-0.1, -0.05) is 13.8 Å². The summed E-state index contributed by atoms with van der Waals surface area (Å²) in [5, 5.41) is 10.1. The first-order valence-electron chi connectivity index (χ1n) is 11.0.